The molecule has 112 valence electrons. The minimum absolute atomic E-state index is 0.376. The predicted octanol–water partition coefficient (Wildman–Crippen LogP) is 0.119. The van der Waals surface area contributed by atoms with Gasteiger partial charge in [0.25, 0.3) is 0 Å². The van der Waals surface area contributed by atoms with E-state index in [1.165, 1.54) is 0 Å². The maximum Gasteiger partial charge on any atom is 0.233 e. The van der Waals surface area contributed by atoms with Gasteiger partial charge in [-0.15, -0.1) is 0 Å². The summed E-state index contributed by atoms with van der Waals surface area (Å²) in [4.78, 5) is 0. The van der Waals surface area contributed by atoms with Gasteiger partial charge in [0, 0.05) is 12.8 Å². The second-order valence-corrected chi connectivity index (χ2v) is 9.02. The summed E-state index contributed by atoms with van der Waals surface area (Å²) in [5, 5.41) is 3.22. The Labute approximate surface area is 119 Å². The topological polar surface area (TPSA) is 92.3 Å². The summed E-state index contributed by atoms with van der Waals surface area (Å²) in [5.41, 5.74) is 2.60. The molecule has 1 aliphatic heterocycles. The fourth-order valence-corrected chi connectivity index (χ4v) is 4.82. The highest BCUT2D eigenvalue weighted by atomic mass is 32.2. The van der Waals surface area contributed by atoms with Crippen LogP contribution in [0.5, 0.6) is 0 Å². The molecule has 2 N–H and O–H groups in total. The highest BCUT2D eigenvalue weighted by Gasteiger charge is 2.18. The minimum Gasteiger partial charge on any atom is -0.312 e. The van der Waals surface area contributed by atoms with Crippen molar-refractivity contribution < 1.29 is 16.8 Å². The van der Waals surface area contributed by atoms with Gasteiger partial charge in [0.1, 0.15) is 9.84 Å². The Morgan fingerprint density at radius 3 is 2.65 bits per heavy atom. The molecule has 20 heavy (non-hydrogen) atoms. The molecule has 6 nitrogen and oxygen atoms in total. The van der Waals surface area contributed by atoms with E-state index in [0.717, 1.165) is 30.3 Å². The molecule has 0 atom stereocenters. The van der Waals surface area contributed by atoms with E-state index < -0.39 is 25.6 Å². The molecular formula is C12H18N2O4S2. The molecule has 0 amide bonds. The summed E-state index contributed by atoms with van der Waals surface area (Å²) in [6, 6.07) is 5.46. The zero-order valence-corrected chi connectivity index (χ0v) is 12.9. The third-order valence-corrected chi connectivity index (χ3v) is 5.61. The lowest BCUT2D eigenvalue weighted by atomic mass is 9.99. The zero-order valence-electron chi connectivity index (χ0n) is 11.2. The minimum atomic E-state index is -3.65. The smallest absolute Gasteiger partial charge is 0.233 e. The van der Waals surface area contributed by atoms with Gasteiger partial charge in [-0.1, -0.05) is 12.1 Å². The van der Waals surface area contributed by atoms with Crippen molar-refractivity contribution in [3.63, 3.8) is 0 Å². The third kappa shape index (κ3) is 4.19. The van der Waals surface area contributed by atoms with Crippen LogP contribution < -0.4 is 10.0 Å². The maximum absolute atomic E-state index is 11.9. The molecule has 0 saturated heterocycles. The zero-order chi connectivity index (χ0) is 14.8. The molecule has 0 unspecified atom stereocenters. The van der Waals surface area contributed by atoms with Crippen LogP contribution >= 0.6 is 0 Å². The second-order valence-electron chi connectivity index (χ2n) is 4.92. The van der Waals surface area contributed by atoms with Crippen LogP contribution in [0, 0.1) is 0 Å². The molecule has 0 bridgehead atoms. The molecule has 1 aromatic rings. The number of rotatable bonds is 5. The standard InChI is InChI=1S/C12H18N2O4S2/c1-19(15,16)7-8-20(17,18)14-12-4-2-3-10-9-13-6-5-11(10)12/h2-4,13-14H,5-9H2,1H3. The fourth-order valence-electron chi connectivity index (χ4n) is 2.11. The predicted molar refractivity (Wildman–Crippen MR) is 79.0 cm³/mol. The molecule has 0 aliphatic carbocycles. The molecule has 8 heteroatoms. The van der Waals surface area contributed by atoms with Crippen LogP contribution in [-0.4, -0.2) is 41.1 Å². The number of nitrogens with one attached hydrogen (secondary N) is 2. The molecular weight excluding hydrogens is 300 g/mol. The summed E-state index contributed by atoms with van der Waals surface area (Å²) < 4.78 is 48.5. The molecule has 1 aliphatic rings. The van der Waals surface area contributed by atoms with E-state index >= 15 is 0 Å². The van der Waals surface area contributed by atoms with Gasteiger partial charge in [0.2, 0.25) is 10.0 Å². The lowest BCUT2D eigenvalue weighted by molar-refractivity contribution is 0.593. The van der Waals surface area contributed by atoms with Crippen molar-refractivity contribution in [2.45, 2.75) is 13.0 Å². The number of sulfone groups is 1. The monoisotopic (exact) mass is 318 g/mol. The molecule has 0 fully saturated rings. The van der Waals surface area contributed by atoms with Crippen LogP contribution in [0.4, 0.5) is 5.69 Å². The average Bonchev–Trinajstić information content (AvgIpc) is 2.36. The van der Waals surface area contributed by atoms with Crippen molar-refractivity contribution in [2.24, 2.45) is 0 Å². The lowest BCUT2D eigenvalue weighted by Gasteiger charge is -2.20. The van der Waals surface area contributed by atoms with Gasteiger partial charge in [-0.05, 0) is 30.2 Å². The summed E-state index contributed by atoms with van der Waals surface area (Å²) >= 11 is 0. The molecule has 2 rings (SSSR count). The Morgan fingerprint density at radius 1 is 1.20 bits per heavy atom. The van der Waals surface area contributed by atoms with Gasteiger partial charge < -0.3 is 5.32 Å². The first-order chi connectivity index (χ1) is 9.27. The molecule has 0 radical (unpaired) electrons. The van der Waals surface area contributed by atoms with Crippen molar-refractivity contribution in [1.82, 2.24) is 5.32 Å². The summed E-state index contributed by atoms with van der Waals surface area (Å²) in [6.45, 7) is 1.52. The van der Waals surface area contributed by atoms with E-state index in [1.807, 2.05) is 6.07 Å². The number of hydrogen-bond donors (Lipinski definition) is 2. The Hall–Kier alpha value is -1.12. The van der Waals surface area contributed by atoms with Gasteiger partial charge >= 0.3 is 0 Å². The number of benzene rings is 1. The van der Waals surface area contributed by atoms with Crippen molar-refractivity contribution >= 4 is 25.5 Å². The van der Waals surface area contributed by atoms with Gasteiger partial charge in [0.15, 0.2) is 0 Å². The van der Waals surface area contributed by atoms with E-state index in [9.17, 15) is 16.8 Å². The van der Waals surface area contributed by atoms with Gasteiger partial charge in [-0.3, -0.25) is 4.72 Å². The van der Waals surface area contributed by atoms with Crippen LogP contribution in [0.1, 0.15) is 11.1 Å². The van der Waals surface area contributed by atoms with Crippen molar-refractivity contribution in [3.8, 4) is 0 Å². The first kappa shape index (κ1) is 15.3. The largest absolute Gasteiger partial charge is 0.312 e. The first-order valence-corrected chi connectivity index (χ1v) is 9.98. The molecule has 0 spiro atoms. The number of hydrogen-bond acceptors (Lipinski definition) is 5. The van der Waals surface area contributed by atoms with Crippen LogP contribution in [0.2, 0.25) is 0 Å². The van der Waals surface area contributed by atoms with Gasteiger partial charge in [-0.25, -0.2) is 16.8 Å². The van der Waals surface area contributed by atoms with E-state index in [0.29, 0.717) is 12.2 Å². The fraction of sp³-hybridized carbons (Fsp3) is 0.500. The Morgan fingerprint density at radius 2 is 1.95 bits per heavy atom. The van der Waals surface area contributed by atoms with Crippen LogP contribution in [0.3, 0.4) is 0 Å². The van der Waals surface area contributed by atoms with Crippen molar-refractivity contribution in [3.05, 3.63) is 29.3 Å². The van der Waals surface area contributed by atoms with Gasteiger partial charge in [0.05, 0.1) is 17.2 Å². The highest BCUT2D eigenvalue weighted by molar-refractivity contribution is 7.95. The Balaban J connectivity index is 2.17. The lowest BCUT2D eigenvalue weighted by Crippen LogP contribution is -2.27. The van der Waals surface area contributed by atoms with Crippen molar-refractivity contribution in [2.75, 3.05) is 29.0 Å². The van der Waals surface area contributed by atoms with Crippen LogP contribution in [0.25, 0.3) is 0 Å². The molecule has 0 saturated carbocycles. The number of fused-ring (bicyclic) bond motifs is 1. The van der Waals surface area contributed by atoms with E-state index in [-0.39, 0.29) is 5.75 Å². The summed E-state index contributed by atoms with van der Waals surface area (Å²) in [5.74, 6) is -0.799. The van der Waals surface area contributed by atoms with E-state index in [2.05, 4.69) is 10.0 Å². The molecule has 1 aromatic carbocycles. The third-order valence-electron chi connectivity index (χ3n) is 3.13. The molecule has 1 heterocycles. The normalized spacial score (nSPS) is 15.7. The molecule has 0 aromatic heterocycles. The van der Waals surface area contributed by atoms with Crippen LogP contribution in [-0.2, 0) is 32.8 Å². The maximum atomic E-state index is 11.9. The number of sulfonamides is 1. The average molecular weight is 318 g/mol. The highest BCUT2D eigenvalue weighted by Crippen LogP contribution is 2.24. The summed E-state index contributed by atoms with van der Waals surface area (Å²) in [6.07, 6.45) is 1.78. The van der Waals surface area contributed by atoms with E-state index in [4.69, 9.17) is 0 Å². The quantitative estimate of drug-likeness (QED) is 0.804. The number of anilines is 1. The Bertz CT molecular complexity index is 696. The Kier molecular flexibility index (Phi) is 4.36. The first-order valence-electron chi connectivity index (χ1n) is 6.26. The van der Waals surface area contributed by atoms with Crippen molar-refractivity contribution in [1.29, 1.82) is 0 Å². The summed E-state index contributed by atoms with van der Waals surface area (Å²) in [7, 11) is -6.95. The van der Waals surface area contributed by atoms with E-state index in [1.54, 1.807) is 12.1 Å². The second kappa shape index (κ2) is 5.71. The van der Waals surface area contributed by atoms with Crippen LogP contribution in [0.15, 0.2) is 18.2 Å². The van der Waals surface area contributed by atoms with Gasteiger partial charge in [-0.2, -0.15) is 0 Å². The SMILES string of the molecule is CS(=O)(=O)CCS(=O)(=O)Nc1cccc2c1CCNC2.